The van der Waals surface area contributed by atoms with Gasteiger partial charge in [-0.25, -0.2) is 0 Å². The van der Waals surface area contributed by atoms with Crippen LogP contribution in [0, 0.1) is 18.3 Å². The fourth-order valence-electron chi connectivity index (χ4n) is 1.45. The number of hydrogen-bond acceptors (Lipinski definition) is 3. The number of nitrogens with zero attached hydrogens (tertiary/aromatic N) is 1. The van der Waals surface area contributed by atoms with Crippen molar-refractivity contribution >= 4 is 24.0 Å². The molecule has 0 amide bonds. The summed E-state index contributed by atoms with van der Waals surface area (Å²) in [6.45, 7) is 9.82. The first-order chi connectivity index (χ1) is 8.83. The number of nitriles is 1. The summed E-state index contributed by atoms with van der Waals surface area (Å²) in [5.74, 6) is 0.657. The molecule has 0 bridgehead atoms. The summed E-state index contributed by atoms with van der Waals surface area (Å²) in [6, 6.07) is 6.78. The van der Waals surface area contributed by atoms with Gasteiger partial charge in [-0.05, 0) is 46.6 Å². The lowest BCUT2D eigenvalue weighted by atomic mass is 10.1. The van der Waals surface area contributed by atoms with E-state index < -0.39 is 8.07 Å². The quantitative estimate of drug-likeness (QED) is 0.439. The molecule has 0 aliphatic heterocycles. The van der Waals surface area contributed by atoms with Crippen LogP contribution in [0.3, 0.4) is 0 Å². The van der Waals surface area contributed by atoms with Gasteiger partial charge in [0.25, 0.3) is 0 Å². The third-order valence-corrected chi connectivity index (χ3v) is 5.36. The van der Waals surface area contributed by atoms with E-state index in [2.05, 4.69) is 41.6 Å². The van der Waals surface area contributed by atoms with E-state index in [1.165, 1.54) is 0 Å². The number of halogens is 1. The van der Waals surface area contributed by atoms with Crippen LogP contribution < -0.4 is 4.74 Å². The summed E-state index contributed by atoms with van der Waals surface area (Å²) in [5, 5.41) is 8.93. The van der Waals surface area contributed by atoms with Crippen molar-refractivity contribution < 1.29 is 9.47 Å². The number of ether oxygens (including phenoxy) is 2. The van der Waals surface area contributed by atoms with Crippen LogP contribution in [0.5, 0.6) is 5.75 Å². The van der Waals surface area contributed by atoms with Crippen LogP contribution in [-0.2, 0) is 4.74 Å². The van der Waals surface area contributed by atoms with Crippen molar-refractivity contribution in [1.29, 1.82) is 5.26 Å². The zero-order chi connectivity index (χ0) is 14.5. The van der Waals surface area contributed by atoms with E-state index in [4.69, 9.17) is 14.7 Å². The molecule has 0 heterocycles. The molecule has 104 valence electrons. The maximum Gasteiger partial charge on any atom is 0.189 e. The summed E-state index contributed by atoms with van der Waals surface area (Å²) >= 11 is 3.46. The van der Waals surface area contributed by atoms with Crippen molar-refractivity contribution in [3.63, 3.8) is 0 Å². The fourth-order valence-corrected chi connectivity index (χ4v) is 2.55. The lowest BCUT2D eigenvalue weighted by molar-refractivity contribution is 0.0215. The van der Waals surface area contributed by atoms with Crippen LogP contribution in [0.25, 0.3) is 0 Å². The van der Waals surface area contributed by atoms with Crippen molar-refractivity contribution in [2.45, 2.75) is 32.6 Å². The molecule has 0 unspecified atom stereocenters. The molecule has 1 aromatic rings. The Morgan fingerprint density at radius 2 is 2.00 bits per heavy atom. The molecule has 0 spiro atoms. The molecule has 0 atom stereocenters. The molecule has 0 aliphatic rings. The van der Waals surface area contributed by atoms with Crippen molar-refractivity contribution in [2.75, 3.05) is 13.4 Å². The Morgan fingerprint density at radius 3 is 2.58 bits per heavy atom. The van der Waals surface area contributed by atoms with Crippen LogP contribution in [0.1, 0.15) is 11.1 Å². The van der Waals surface area contributed by atoms with Crippen LogP contribution in [0.15, 0.2) is 16.6 Å². The molecule has 1 aromatic carbocycles. The third kappa shape index (κ3) is 5.77. The van der Waals surface area contributed by atoms with Crippen LogP contribution in [0.2, 0.25) is 25.7 Å². The van der Waals surface area contributed by atoms with Gasteiger partial charge >= 0.3 is 0 Å². The Bertz CT molecular complexity index is 478. The number of rotatable bonds is 6. The summed E-state index contributed by atoms with van der Waals surface area (Å²) in [6.07, 6.45) is 0. The van der Waals surface area contributed by atoms with Crippen LogP contribution in [0.4, 0.5) is 0 Å². The second-order valence-corrected chi connectivity index (χ2v) is 12.1. The van der Waals surface area contributed by atoms with Gasteiger partial charge in [0.1, 0.15) is 5.75 Å². The SMILES string of the molecule is Cc1cc(C#N)cc(OCOCC[Si](C)(C)C)c1Br. The smallest absolute Gasteiger partial charge is 0.189 e. The minimum atomic E-state index is -1.05. The Balaban J connectivity index is 2.50. The average Bonchev–Trinajstić information content (AvgIpc) is 2.32. The van der Waals surface area contributed by atoms with Gasteiger partial charge in [-0.3, -0.25) is 0 Å². The van der Waals surface area contributed by atoms with Crippen LogP contribution >= 0.6 is 15.9 Å². The zero-order valence-electron chi connectivity index (χ0n) is 11.9. The first kappa shape index (κ1) is 16.2. The van der Waals surface area contributed by atoms with Crippen molar-refractivity contribution in [3.8, 4) is 11.8 Å². The largest absolute Gasteiger partial charge is 0.466 e. The van der Waals surface area contributed by atoms with Gasteiger partial charge in [-0.2, -0.15) is 5.26 Å². The fraction of sp³-hybridized carbons (Fsp3) is 0.500. The monoisotopic (exact) mass is 341 g/mol. The van der Waals surface area contributed by atoms with E-state index in [-0.39, 0.29) is 6.79 Å². The number of hydrogen-bond donors (Lipinski definition) is 0. The molecular formula is C14H20BrNO2Si. The van der Waals surface area contributed by atoms with Gasteiger partial charge in [-0.15, -0.1) is 0 Å². The minimum absolute atomic E-state index is 0.220. The number of aryl methyl sites for hydroxylation is 1. The highest BCUT2D eigenvalue weighted by molar-refractivity contribution is 9.10. The molecule has 5 heteroatoms. The topological polar surface area (TPSA) is 42.2 Å². The summed E-state index contributed by atoms with van der Waals surface area (Å²) in [5.41, 5.74) is 1.58. The maximum absolute atomic E-state index is 8.93. The zero-order valence-corrected chi connectivity index (χ0v) is 14.5. The van der Waals surface area contributed by atoms with E-state index >= 15 is 0 Å². The first-order valence-corrected chi connectivity index (χ1v) is 10.7. The van der Waals surface area contributed by atoms with Crippen molar-refractivity contribution in [1.82, 2.24) is 0 Å². The highest BCUT2D eigenvalue weighted by atomic mass is 79.9. The molecule has 1 rings (SSSR count). The second-order valence-electron chi connectivity index (χ2n) is 5.70. The molecule has 0 saturated heterocycles. The standard InChI is InChI=1S/C14H20BrNO2Si/c1-11-7-12(9-16)8-13(14(11)15)18-10-17-5-6-19(2,3)4/h7-8H,5-6,10H2,1-4H3. The van der Waals surface area contributed by atoms with Crippen LogP contribution in [-0.4, -0.2) is 21.5 Å². The molecule has 19 heavy (non-hydrogen) atoms. The Kier molecular flexibility index (Phi) is 6.05. The van der Waals surface area contributed by atoms with E-state index in [0.29, 0.717) is 11.3 Å². The van der Waals surface area contributed by atoms with E-state index in [1.54, 1.807) is 6.07 Å². The summed E-state index contributed by atoms with van der Waals surface area (Å²) < 4.78 is 11.9. The van der Waals surface area contributed by atoms with Crippen molar-refractivity contribution in [2.24, 2.45) is 0 Å². The van der Waals surface area contributed by atoms with Gasteiger partial charge in [0.15, 0.2) is 6.79 Å². The third-order valence-electron chi connectivity index (χ3n) is 2.64. The first-order valence-electron chi connectivity index (χ1n) is 6.24. The van der Waals surface area contributed by atoms with E-state index in [9.17, 15) is 0 Å². The van der Waals surface area contributed by atoms with Gasteiger partial charge in [0.2, 0.25) is 0 Å². The Labute approximate surface area is 124 Å². The van der Waals surface area contributed by atoms with E-state index in [1.807, 2.05) is 13.0 Å². The highest BCUT2D eigenvalue weighted by Gasteiger charge is 2.12. The predicted octanol–water partition coefficient (Wildman–Crippen LogP) is 4.32. The van der Waals surface area contributed by atoms with Gasteiger partial charge < -0.3 is 9.47 Å². The molecular weight excluding hydrogens is 322 g/mol. The molecule has 0 N–H and O–H groups in total. The molecule has 3 nitrogen and oxygen atoms in total. The minimum Gasteiger partial charge on any atom is -0.466 e. The highest BCUT2D eigenvalue weighted by Crippen LogP contribution is 2.29. The molecule has 0 aliphatic carbocycles. The normalized spacial score (nSPS) is 11.2. The average molecular weight is 342 g/mol. The Morgan fingerprint density at radius 1 is 1.32 bits per heavy atom. The predicted molar refractivity (Wildman–Crippen MR) is 83.2 cm³/mol. The summed E-state index contributed by atoms with van der Waals surface area (Å²) in [4.78, 5) is 0. The molecule has 0 radical (unpaired) electrons. The molecule has 0 fully saturated rings. The lowest BCUT2D eigenvalue weighted by Gasteiger charge is -2.16. The lowest BCUT2D eigenvalue weighted by Crippen LogP contribution is -2.22. The second kappa shape index (κ2) is 7.08. The van der Waals surface area contributed by atoms with Gasteiger partial charge in [0, 0.05) is 14.7 Å². The van der Waals surface area contributed by atoms with Gasteiger partial charge in [0.05, 0.1) is 16.1 Å². The molecule has 0 saturated carbocycles. The maximum atomic E-state index is 8.93. The Hall–Kier alpha value is -0.833. The van der Waals surface area contributed by atoms with Crippen molar-refractivity contribution in [3.05, 3.63) is 27.7 Å². The number of benzene rings is 1. The van der Waals surface area contributed by atoms with Gasteiger partial charge in [-0.1, -0.05) is 19.6 Å². The van der Waals surface area contributed by atoms with E-state index in [0.717, 1.165) is 22.7 Å². The summed E-state index contributed by atoms with van der Waals surface area (Å²) in [7, 11) is -1.05. The molecule has 0 aromatic heterocycles.